The number of carbonyl (C=O) groups excluding carboxylic acids is 5. The van der Waals surface area contributed by atoms with Crippen molar-refractivity contribution in [3.63, 3.8) is 0 Å². The van der Waals surface area contributed by atoms with Crippen molar-refractivity contribution in [2.24, 2.45) is 11.8 Å². The Balaban J connectivity index is 1.45. The number of nitriles is 1. The second kappa shape index (κ2) is 22.1. The van der Waals surface area contributed by atoms with Crippen LogP contribution in [0.25, 0.3) is 5.52 Å². The first kappa shape index (κ1) is 50.4. The van der Waals surface area contributed by atoms with Crippen LogP contribution in [0.2, 0.25) is 0 Å². The van der Waals surface area contributed by atoms with Crippen LogP contribution >= 0.6 is 7.75 Å². The Hall–Kier alpha value is -6.59. The summed E-state index contributed by atoms with van der Waals surface area (Å²) in [5, 5.41) is 20.3. The molecule has 3 heterocycles. The predicted molar refractivity (Wildman–Crippen MR) is 233 cm³/mol. The maximum absolute atomic E-state index is 14.8. The summed E-state index contributed by atoms with van der Waals surface area (Å²) in [6, 6.07) is 17.4. The fourth-order valence-corrected chi connectivity index (χ4v) is 7.99. The average Bonchev–Trinajstić information content (AvgIpc) is 3.84. The number of anilines is 1. The van der Waals surface area contributed by atoms with Crippen LogP contribution in [-0.4, -0.2) is 94.3 Å². The number of esters is 4. The molecule has 0 bridgehead atoms. The van der Waals surface area contributed by atoms with Gasteiger partial charge >= 0.3 is 37.7 Å². The molecule has 0 aliphatic carbocycles. The minimum atomic E-state index is -4.79. The molecule has 1 fully saturated rings. The smallest absolute Gasteiger partial charge is 0.459 e. The van der Waals surface area contributed by atoms with Gasteiger partial charge in [0.25, 0.3) is 0 Å². The van der Waals surface area contributed by atoms with E-state index in [1.807, 2.05) is 12.1 Å². The lowest BCUT2D eigenvalue weighted by molar-refractivity contribution is -0.173. The number of ether oxygens (including phenoxy) is 6. The highest BCUT2D eigenvalue weighted by Crippen LogP contribution is 2.50. The second-order valence-corrected chi connectivity index (χ2v) is 17.8. The number of benzene rings is 2. The van der Waals surface area contributed by atoms with Crippen LogP contribution in [0, 0.1) is 23.2 Å². The molecule has 1 aliphatic rings. The van der Waals surface area contributed by atoms with Crippen LogP contribution in [0.4, 0.5) is 10.6 Å². The van der Waals surface area contributed by atoms with Gasteiger partial charge < -0.3 is 44.0 Å². The van der Waals surface area contributed by atoms with Crippen molar-refractivity contribution in [1.82, 2.24) is 25.0 Å². The second-order valence-electron chi connectivity index (χ2n) is 16.1. The molecule has 5 rings (SSSR count). The monoisotopic (exact) mass is 935 g/mol. The van der Waals surface area contributed by atoms with Crippen molar-refractivity contribution in [3.05, 3.63) is 89.9 Å². The van der Waals surface area contributed by atoms with Crippen molar-refractivity contribution >= 4 is 49.1 Å². The quantitative estimate of drug-likeness (QED) is 0.0602. The van der Waals surface area contributed by atoms with E-state index in [1.165, 1.54) is 42.0 Å². The van der Waals surface area contributed by atoms with Crippen LogP contribution in [-0.2, 0) is 69.7 Å². The Morgan fingerprint density at radius 2 is 1.56 bits per heavy atom. The van der Waals surface area contributed by atoms with E-state index >= 15 is 0 Å². The molecule has 4 N–H and O–H groups in total. The molecular weight excluding hydrogens is 881 g/mol. The van der Waals surface area contributed by atoms with Crippen LogP contribution in [0.5, 0.6) is 5.75 Å². The Kier molecular flexibility index (Phi) is 16.9. The number of nitrogens with one attached hydrogen (secondary N) is 2. The van der Waals surface area contributed by atoms with Gasteiger partial charge in [-0.15, -0.1) is 0 Å². The Bertz CT molecular complexity index is 2440. The zero-order valence-corrected chi connectivity index (χ0v) is 38.6. The summed E-state index contributed by atoms with van der Waals surface area (Å²) < 4.78 is 61.8. The van der Waals surface area contributed by atoms with E-state index in [4.69, 9.17) is 43.2 Å². The molecule has 4 aromatic rings. The molecule has 2 aromatic heterocycles. The summed E-state index contributed by atoms with van der Waals surface area (Å²) >= 11 is 0. The van der Waals surface area contributed by atoms with Crippen molar-refractivity contribution in [2.75, 3.05) is 19.5 Å². The number of methoxy groups -OCH3 is 1. The molecule has 354 valence electrons. The van der Waals surface area contributed by atoms with Gasteiger partial charge in [0, 0.05) is 6.42 Å². The van der Waals surface area contributed by atoms with E-state index in [1.54, 1.807) is 77.9 Å². The molecule has 0 radical (unpaired) electrons. The summed E-state index contributed by atoms with van der Waals surface area (Å²) in [6.45, 7) is 9.91. The van der Waals surface area contributed by atoms with Gasteiger partial charge in [-0.25, -0.2) is 23.7 Å². The normalized spacial score (nSPS) is 19.9. The molecule has 1 saturated heterocycles. The number of hydrogen-bond acceptors (Lipinski definition) is 18. The van der Waals surface area contributed by atoms with Gasteiger partial charge in [-0.2, -0.15) is 15.4 Å². The highest BCUT2D eigenvalue weighted by Gasteiger charge is 2.62. The number of nitrogen functional groups attached to an aromatic ring is 1. The number of hydrogen-bond donors (Lipinski definition) is 3. The standard InChI is InChI=1S/C44H54N7O14P/c1-25(2)39(52)62-36-35(33-18-19-34-38(46)47-24-48-51(33)34)64-44(22-45,37(36)63-40(53)26(3)4)23-60-66(57,50-28(7)41(54)58-8)65-31-16-14-29(15-17-31)20-32(42(55)61-27(5)6)49-43(56)59-21-30-12-10-9-11-13-30/h9-19,24-28,32,35-37H,20-21,23H2,1-8H3,(H,49,56)(H,50,57)(H2,46,47,48)/t28-,32-,35-,36-,37-,44+,66?/m0/s1. The molecule has 22 heteroatoms. The van der Waals surface area contributed by atoms with E-state index in [2.05, 4.69) is 20.5 Å². The first-order valence-electron chi connectivity index (χ1n) is 20.9. The number of nitrogens with two attached hydrogens (primary N) is 1. The van der Waals surface area contributed by atoms with Crippen molar-refractivity contribution in [2.45, 2.75) is 104 Å². The molecule has 1 amide bonds. The zero-order chi connectivity index (χ0) is 48.3. The van der Waals surface area contributed by atoms with Crippen LogP contribution in [0.15, 0.2) is 73.1 Å². The summed E-state index contributed by atoms with van der Waals surface area (Å²) in [7, 11) is -3.68. The first-order chi connectivity index (χ1) is 31.3. The topological polar surface area (TPSA) is 280 Å². The minimum absolute atomic E-state index is 0.0388. The molecule has 7 atom stereocenters. The van der Waals surface area contributed by atoms with Gasteiger partial charge in [-0.3, -0.25) is 18.9 Å². The van der Waals surface area contributed by atoms with Crippen LogP contribution in [0.3, 0.4) is 0 Å². The lowest BCUT2D eigenvalue weighted by atomic mass is 9.95. The van der Waals surface area contributed by atoms with Crippen molar-refractivity contribution in [3.8, 4) is 11.8 Å². The minimum Gasteiger partial charge on any atom is -0.468 e. The summed E-state index contributed by atoms with van der Waals surface area (Å²) in [4.78, 5) is 69.1. The largest absolute Gasteiger partial charge is 0.468 e. The average molecular weight is 936 g/mol. The fourth-order valence-electron chi connectivity index (χ4n) is 6.47. The molecule has 0 saturated carbocycles. The third-order valence-corrected chi connectivity index (χ3v) is 11.5. The molecular formula is C44H54N7O14P. The van der Waals surface area contributed by atoms with Gasteiger partial charge in [0.1, 0.15) is 55.1 Å². The van der Waals surface area contributed by atoms with E-state index in [-0.39, 0.29) is 30.3 Å². The summed E-state index contributed by atoms with van der Waals surface area (Å²) in [5.41, 5.74) is 5.54. The van der Waals surface area contributed by atoms with Gasteiger partial charge in [0.15, 0.2) is 18.0 Å². The Morgan fingerprint density at radius 3 is 2.18 bits per heavy atom. The summed E-state index contributed by atoms with van der Waals surface area (Å²) in [6.07, 6.45) is -4.80. The molecule has 0 spiro atoms. The summed E-state index contributed by atoms with van der Waals surface area (Å²) in [5.74, 6) is -4.48. The number of fused-ring (bicyclic) bond motifs is 1. The van der Waals surface area contributed by atoms with Gasteiger partial charge in [0.2, 0.25) is 5.60 Å². The number of amides is 1. The molecule has 2 aromatic carbocycles. The molecule has 1 unspecified atom stereocenters. The van der Waals surface area contributed by atoms with Gasteiger partial charge in [-0.05, 0) is 56.2 Å². The maximum atomic E-state index is 14.8. The third-order valence-electron chi connectivity index (χ3n) is 9.91. The maximum Gasteiger partial charge on any atom is 0.459 e. The van der Waals surface area contributed by atoms with E-state index in [0.717, 1.165) is 12.7 Å². The lowest BCUT2D eigenvalue weighted by Crippen LogP contribution is -2.50. The van der Waals surface area contributed by atoms with E-state index in [9.17, 15) is 33.8 Å². The first-order valence-corrected chi connectivity index (χ1v) is 22.5. The number of aromatic nitrogens is 3. The van der Waals surface area contributed by atoms with Crippen molar-refractivity contribution < 1.29 is 66.0 Å². The molecule has 1 aliphatic heterocycles. The molecule has 21 nitrogen and oxygen atoms in total. The number of rotatable bonds is 20. The third kappa shape index (κ3) is 12.6. The predicted octanol–water partition coefficient (Wildman–Crippen LogP) is 4.92. The SMILES string of the molecule is COC(=O)[C@H](C)NP(=O)(OC[C@@]1(C#N)O[C@@H](c2ccc3c(N)ncnn23)[C@H](OC(=O)C(C)C)[C@@H]1OC(=O)C(C)C)Oc1ccc(C[C@H](NC(=O)OCc2ccccc2)C(=O)OC(C)C)cc1. The number of carbonyl (C=O) groups is 5. The van der Waals surface area contributed by atoms with Gasteiger partial charge in [0.05, 0.1) is 30.7 Å². The Labute approximate surface area is 381 Å². The highest BCUT2D eigenvalue weighted by molar-refractivity contribution is 7.52. The Morgan fingerprint density at radius 1 is 0.894 bits per heavy atom. The van der Waals surface area contributed by atoms with Crippen LogP contribution in [0.1, 0.15) is 71.4 Å². The fraction of sp³-hybridized carbons (Fsp3) is 0.455. The van der Waals surface area contributed by atoms with Crippen molar-refractivity contribution in [1.29, 1.82) is 5.26 Å². The van der Waals surface area contributed by atoms with E-state index < -0.39 is 98.3 Å². The number of alkyl carbamates (subject to hydrolysis) is 1. The lowest BCUT2D eigenvalue weighted by Gasteiger charge is -2.31. The van der Waals surface area contributed by atoms with E-state index in [0.29, 0.717) is 11.1 Å². The van der Waals surface area contributed by atoms with Gasteiger partial charge in [-0.1, -0.05) is 70.2 Å². The zero-order valence-electron chi connectivity index (χ0n) is 37.7. The number of nitrogens with zero attached hydrogens (tertiary/aromatic N) is 4. The van der Waals surface area contributed by atoms with Crippen LogP contribution < -0.4 is 20.7 Å². The molecule has 66 heavy (non-hydrogen) atoms. The highest BCUT2D eigenvalue weighted by atomic mass is 31.2.